The summed E-state index contributed by atoms with van der Waals surface area (Å²) in [6.45, 7) is 6.48. The van der Waals surface area contributed by atoms with Crippen molar-refractivity contribution in [1.29, 1.82) is 0 Å². The molecule has 14 heavy (non-hydrogen) atoms. The van der Waals surface area contributed by atoms with Crippen LogP contribution in [-0.2, 0) is 0 Å². The first kappa shape index (κ1) is 11.7. The van der Waals surface area contributed by atoms with Crippen LogP contribution in [0.4, 0.5) is 0 Å². The van der Waals surface area contributed by atoms with Gasteiger partial charge in [0.1, 0.15) is 0 Å². The molecule has 1 N–H and O–H groups in total. The van der Waals surface area contributed by atoms with Gasteiger partial charge in [-0.15, -0.1) is 11.3 Å². The molecule has 0 saturated heterocycles. The van der Waals surface area contributed by atoms with Gasteiger partial charge in [0.2, 0.25) is 0 Å². The molecule has 0 fully saturated rings. The van der Waals surface area contributed by atoms with E-state index in [0.717, 1.165) is 11.3 Å². The average Bonchev–Trinajstić information content (AvgIpc) is 2.51. The van der Waals surface area contributed by atoms with Gasteiger partial charge in [0.05, 0.1) is 6.10 Å². The van der Waals surface area contributed by atoms with E-state index < -0.39 is 0 Å². The number of hydrogen-bond donors (Lipinski definition) is 1. The lowest BCUT2D eigenvalue weighted by Gasteiger charge is -2.15. The number of aryl methyl sites for hydroxylation is 1. The molecule has 2 unspecified atom stereocenters. The van der Waals surface area contributed by atoms with Crippen LogP contribution in [0.5, 0.6) is 0 Å². The summed E-state index contributed by atoms with van der Waals surface area (Å²) < 4.78 is 0. The summed E-state index contributed by atoms with van der Waals surface area (Å²) in [6, 6.07) is 2.08. The minimum Gasteiger partial charge on any atom is -0.388 e. The Morgan fingerprint density at radius 3 is 2.71 bits per heavy atom. The minimum atomic E-state index is -0.253. The van der Waals surface area contributed by atoms with Crippen LogP contribution in [-0.4, -0.2) is 5.11 Å². The minimum absolute atomic E-state index is 0.253. The van der Waals surface area contributed by atoms with Gasteiger partial charge in [-0.3, -0.25) is 0 Å². The van der Waals surface area contributed by atoms with Gasteiger partial charge in [-0.1, -0.05) is 26.7 Å². The Balaban J connectivity index is 2.50. The molecule has 2 atom stereocenters. The third-order valence-electron chi connectivity index (χ3n) is 2.61. The predicted molar refractivity (Wildman–Crippen MR) is 62.7 cm³/mol. The first-order chi connectivity index (χ1) is 6.65. The van der Waals surface area contributed by atoms with Crippen LogP contribution in [0.25, 0.3) is 0 Å². The molecule has 0 aliphatic rings. The average molecular weight is 212 g/mol. The quantitative estimate of drug-likeness (QED) is 0.784. The second-order valence-corrected chi connectivity index (χ2v) is 5.06. The molecule has 1 rings (SSSR count). The van der Waals surface area contributed by atoms with E-state index in [1.165, 1.54) is 18.4 Å². The summed E-state index contributed by atoms with van der Waals surface area (Å²) in [7, 11) is 0. The molecule has 0 aromatic carbocycles. The number of thiophene rings is 1. The van der Waals surface area contributed by atoms with Gasteiger partial charge < -0.3 is 5.11 Å². The van der Waals surface area contributed by atoms with Gasteiger partial charge in [0.25, 0.3) is 0 Å². The molecular formula is C12H20OS. The van der Waals surface area contributed by atoms with Crippen LogP contribution < -0.4 is 0 Å². The molecular weight excluding hydrogens is 192 g/mol. The molecule has 0 saturated carbocycles. The number of aliphatic hydroxyl groups is 1. The third kappa shape index (κ3) is 3.10. The zero-order valence-electron chi connectivity index (χ0n) is 9.29. The monoisotopic (exact) mass is 212 g/mol. The summed E-state index contributed by atoms with van der Waals surface area (Å²) in [5.41, 5.74) is 1.23. The van der Waals surface area contributed by atoms with E-state index >= 15 is 0 Å². The van der Waals surface area contributed by atoms with Gasteiger partial charge in [0, 0.05) is 4.88 Å². The van der Waals surface area contributed by atoms with Crippen LogP contribution in [0.2, 0.25) is 0 Å². The molecule has 0 aliphatic carbocycles. The van der Waals surface area contributed by atoms with Crippen molar-refractivity contribution in [3.05, 3.63) is 21.9 Å². The topological polar surface area (TPSA) is 20.2 Å². The largest absolute Gasteiger partial charge is 0.388 e. The standard InChI is InChI=1S/C12H20OS/c1-4-5-9(2)8-11(13)12-10(3)6-7-14-12/h6-7,9,11,13H,4-5,8H2,1-3H3. The fraction of sp³-hybridized carbons (Fsp3) is 0.667. The van der Waals surface area contributed by atoms with Gasteiger partial charge in [-0.05, 0) is 36.3 Å². The highest BCUT2D eigenvalue weighted by Crippen LogP contribution is 2.29. The molecule has 0 radical (unpaired) electrons. The lowest BCUT2D eigenvalue weighted by molar-refractivity contribution is 0.148. The van der Waals surface area contributed by atoms with Crippen molar-refractivity contribution in [2.45, 2.75) is 46.1 Å². The molecule has 0 bridgehead atoms. The molecule has 0 spiro atoms. The van der Waals surface area contributed by atoms with Crippen LogP contribution >= 0.6 is 11.3 Å². The molecule has 0 amide bonds. The first-order valence-corrected chi connectivity index (χ1v) is 6.25. The van der Waals surface area contributed by atoms with E-state index in [0.29, 0.717) is 5.92 Å². The van der Waals surface area contributed by atoms with Crippen molar-refractivity contribution in [3.8, 4) is 0 Å². The highest BCUT2D eigenvalue weighted by Gasteiger charge is 2.14. The molecule has 1 aromatic rings. The van der Waals surface area contributed by atoms with Crippen molar-refractivity contribution < 1.29 is 5.11 Å². The maximum absolute atomic E-state index is 10.00. The fourth-order valence-electron chi connectivity index (χ4n) is 1.82. The molecule has 80 valence electrons. The Morgan fingerprint density at radius 2 is 2.21 bits per heavy atom. The molecule has 1 heterocycles. The van der Waals surface area contributed by atoms with Gasteiger partial charge in [-0.2, -0.15) is 0 Å². The van der Waals surface area contributed by atoms with Crippen LogP contribution in [0, 0.1) is 12.8 Å². The predicted octanol–water partition coefficient (Wildman–Crippen LogP) is 3.92. The Labute approximate surface area is 90.8 Å². The van der Waals surface area contributed by atoms with Crippen molar-refractivity contribution in [2.24, 2.45) is 5.92 Å². The van der Waals surface area contributed by atoms with Gasteiger partial charge >= 0.3 is 0 Å². The maximum Gasteiger partial charge on any atom is 0.0887 e. The highest BCUT2D eigenvalue weighted by atomic mass is 32.1. The fourth-order valence-corrected chi connectivity index (χ4v) is 2.75. The first-order valence-electron chi connectivity index (χ1n) is 5.37. The summed E-state index contributed by atoms with van der Waals surface area (Å²) in [5.74, 6) is 0.622. The molecule has 0 aliphatic heterocycles. The van der Waals surface area contributed by atoms with Gasteiger partial charge in [-0.25, -0.2) is 0 Å². The molecule has 2 heteroatoms. The lowest BCUT2D eigenvalue weighted by atomic mass is 9.97. The lowest BCUT2D eigenvalue weighted by Crippen LogP contribution is -2.03. The number of rotatable bonds is 5. The highest BCUT2D eigenvalue weighted by molar-refractivity contribution is 7.10. The summed E-state index contributed by atoms with van der Waals surface area (Å²) in [6.07, 6.45) is 3.06. The van der Waals surface area contributed by atoms with Crippen molar-refractivity contribution >= 4 is 11.3 Å². The van der Waals surface area contributed by atoms with E-state index in [-0.39, 0.29) is 6.10 Å². The van der Waals surface area contributed by atoms with E-state index in [2.05, 4.69) is 32.2 Å². The SMILES string of the molecule is CCCC(C)CC(O)c1sccc1C. The van der Waals surface area contributed by atoms with E-state index in [1.54, 1.807) is 11.3 Å². The summed E-state index contributed by atoms with van der Waals surface area (Å²) in [4.78, 5) is 1.15. The van der Waals surface area contributed by atoms with E-state index in [4.69, 9.17) is 0 Å². The van der Waals surface area contributed by atoms with Crippen LogP contribution in [0.15, 0.2) is 11.4 Å². The zero-order valence-corrected chi connectivity index (χ0v) is 10.1. The third-order valence-corrected chi connectivity index (χ3v) is 3.73. The van der Waals surface area contributed by atoms with E-state index in [9.17, 15) is 5.11 Å². The van der Waals surface area contributed by atoms with Gasteiger partial charge in [0.15, 0.2) is 0 Å². The van der Waals surface area contributed by atoms with Crippen molar-refractivity contribution in [3.63, 3.8) is 0 Å². The smallest absolute Gasteiger partial charge is 0.0887 e. The van der Waals surface area contributed by atoms with E-state index in [1.807, 2.05) is 0 Å². The summed E-state index contributed by atoms with van der Waals surface area (Å²) in [5, 5.41) is 12.1. The number of hydrogen-bond acceptors (Lipinski definition) is 2. The summed E-state index contributed by atoms with van der Waals surface area (Å²) >= 11 is 1.67. The number of aliphatic hydroxyl groups excluding tert-OH is 1. The zero-order chi connectivity index (χ0) is 10.6. The van der Waals surface area contributed by atoms with Crippen molar-refractivity contribution in [1.82, 2.24) is 0 Å². The Morgan fingerprint density at radius 1 is 1.50 bits per heavy atom. The van der Waals surface area contributed by atoms with Crippen molar-refractivity contribution in [2.75, 3.05) is 0 Å². The normalized spacial score (nSPS) is 15.4. The van der Waals surface area contributed by atoms with Crippen LogP contribution in [0.3, 0.4) is 0 Å². The maximum atomic E-state index is 10.00. The second kappa shape index (κ2) is 5.52. The Kier molecular flexibility index (Phi) is 4.63. The van der Waals surface area contributed by atoms with Crippen LogP contribution in [0.1, 0.15) is 49.7 Å². The Hall–Kier alpha value is -0.340. The second-order valence-electron chi connectivity index (χ2n) is 4.11. The molecule has 1 aromatic heterocycles. The Bertz CT molecular complexity index is 267. The molecule has 1 nitrogen and oxygen atoms in total.